The summed E-state index contributed by atoms with van der Waals surface area (Å²) in [6.07, 6.45) is 8.65. The Balaban J connectivity index is 1.69. The molecule has 2 heterocycles. The number of hydrogen-bond acceptors (Lipinski definition) is 2. The zero-order valence-corrected chi connectivity index (χ0v) is 13.1. The molecule has 2 aliphatic heterocycles. The Hall–Kier alpha value is -0.570. The number of nitrogens with zero attached hydrogens (tertiary/aromatic N) is 1. The summed E-state index contributed by atoms with van der Waals surface area (Å²) in [5.41, 5.74) is 0.466. The van der Waals surface area contributed by atoms with Crippen molar-refractivity contribution in [2.45, 2.75) is 64.8 Å². The molecule has 0 unspecified atom stereocenters. The molecule has 0 bridgehead atoms. The fourth-order valence-electron chi connectivity index (χ4n) is 4.92. The van der Waals surface area contributed by atoms with Crippen LogP contribution in [0.15, 0.2) is 0 Å². The van der Waals surface area contributed by atoms with Gasteiger partial charge in [0.1, 0.15) is 0 Å². The van der Waals surface area contributed by atoms with E-state index in [1.54, 1.807) is 0 Å². The topological polar surface area (TPSA) is 29.5 Å². The van der Waals surface area contributed by atoms with Crippen molar-refractivity contribution in [1.29, 1.82) is 0 Å². The molecule has 3 rings (SSSR count). The summed E-state index contributed by atoms with van der Waals surface area (Å²) in [6.45, 7) is 7.16. The van der Waals surface area contributed by atoms with E-state index in [0.717, 1.165) is 32.6 Å². The predicted molar refractivity (Wildman–Crippen MR) is 79.4 cm³/mol. The van der Waals surface area contributed by atoms with E-state index in [0.29, 0.717) is 23.3 Å². The van der Waals surface area contributed by atoms with Gasteiger partial charge in [-0.3, -0.25) is 4.79 Å². The number of hydrogen-bond donors (Lipinski definition) is 0. The Morgan fingerprint density at radius 3 is 2.40 bits per heavy atom. The molecule has 1 amide bonds. The maximum atomic E-state index is 12.8. The lowest BCUT2D eigenvalue weighted by atomic mass is 9.59. The number of carbonyl (C=O) groups is 1. The number of ether oxygens (including phenoxy) is 1. The second kappa shape index (κ2) is 5.67. The van der Waals surface area contributed by atoms with Gasteiger partial charge in [-0.05, 0) is 31.6 Å². The third-order valence-electron chi connectivity index (χ3n) is 5.78. The molecule has 3 nitrogen and oxygen atoms in total. The summed E-state index contributed by atoms with van der Waals surface area (Å²) >= 11 is 0. The zero-order chi connectivity index (χ0) is 14.2. The van der Waals surface area contributed by atoms with Gasteiger partial charge in [-0.1, -0.05) is 33.1 Å². The molecule has 3 aliphatic rings. The maximum Gasteiger partial charge on any atom is 0.226 e. The molecule has 2 saturated heterocycles. The highest BCUT2D eigenvalue weighted by molar-refractivity contribution is 5.80. The van der Waals surface area contributed by atoms with Gasteiger partial charge in [-0.2, -0.15) is 0 Å². The highest BCUT2D eigenvalue weighted by atomic mass is 16.5. The van der Waals surface area contributed by atoms with Gasteiger partial charge in [0.25, 0.3) is 0 Å². The molecule has 20 heavy (non-hydrogen) atoms. The molecule has 0 aromatic rings. The van der Waals surface area contributed by atoms with E-state index in [4.69, 9.17) is 4.74 Å². The summed E-state index contributed by atoms with van der Waals surface area (Å²) in [6, 6.07) is 0.498. The first kappa shape index (κ1) is 14.4. The molecule has 1 atom stereocenters. The quantitative estimate of drug-likeness (QED) is 0.776. The summed E-state index contributed by atoms with van der Waals surface area (Å²) in [4.78, 5) is 15.0. The molecule has 0 radical (unpaired) electrons. The Morgan fingerprint density at radius 2 is 1.80 bits per heavy atom. The van der Waals surface area contributed by atoms with Gasteiger partial charge < -0.3 is 9.64 Å². The van der Waals surface area contributed by atoms with Gasteiger partial charge in [0.2, 0.25) is 5.91 Å². The molecule has 0 aromatic carbocycles. The van der Waals surface area contributed by atoms with E-state index >= 15 is 0 Å². The third-order valence-corrected chi connectivity index (χ3v) is 5.78. The van der Waals surface area contributed by atoms with Crippen molar-refractivity contribution in [3.05, 3.63) is 0 Å². The summed E-state index contributed by atoms with van der Waals surface area (Å²) in [5.74, 6) is 1.24. The number of amides is 1. The van der Waals surface area contributed by atoms with Crippen LogP contribution in [0.3, 0.4) is 0 Å². The van der Waals surface area contributed by atoms with Crippen molar-refractivity contribution in [3.8, 4) is 0 Å². The van der Waals surface area contributed by atoms with Gasteiger partial charge >= 0.3 is 0 Å². The SMILES string of the molecule is CC(C)[C@@H]1N(C(=O)C2CCOCC2)CC12CCCCC2. The Morgan fingerprint density at radius 1 is 1.15 bits per heavy atom. The van der Waals surface area contributed by atoms with Crippen molar-refractivity contribution in [1.82, 2.24) is 4.90 Å². The molecule has 0 aromatic heterocycles. The highest BCUT2D eigenvalue weighted by Crippen LogP contribution is 2.52. The normalized spacial score (nSPS) is 30.6. The van der Waals surface area contributed by atoms with Crippen molar-refractivity contribution in [2.75, 3.05) is 19.8 Å². The zero-order valence-electron chi connectivity index (χ0n) is 13.1. The largest absolute Gasteiger partial charge is 0.381 e. The van der Waals surface area contributed by atoms with E-state index in [1.165, 1.54) is 32.1 Å². The van der Waals surface area contributed by atoms with Crippen LogP contribution >= 0.6 is 0 Å². The summed E-state index contributed by atoms with van der Waals surface area (Å²) in [5, 5.41) is 0. The minimum absolute atomic E-state index is 0.228. The van der Waals surface area contributed by atoms with Gasteiger partial charge in [-0.15, -0.1) is 0 Å². The summed E-state index contributed by atoms with van der Waals surface area (Å²) < 4.78 is 5.39. The van der Waals surface area contributed by atoms with Crippen LogP contribution in [0.2, 0.25) is 0 Å². The van der Waals surface area contributed by atoms with Crippen LogP contribution in [0, 0.1) is 17.3 Å². The molecule has 3 fully saturated rings. The highest BCUT2D eigenvalue weighted by Gasteiger charge is 2.55. The average Bonchev–Trinajstić information content (AvgIpc) is 2.45. The van der Waals surface area contributed by atoms with Crippen LogP contribution < -0.4 is 0 Å². The van der Waals surface area contributed by atoms with Crippen LogP contribution in [0.5, 0.6) is 0 Å². The molecule has 3 heteroatoms. The first-order valence-corrected chi connectivity index (χ1v) is 8.52. The predicted octanol–water partition coefficient (Wildman–Crippen LogP) is 3.23. The standard InChI is InChI=1S/C17H29NO2/c1-13(2)15-17(8-4-3-5-9-17)12-18(15)16(19)14-6-10-20-11-7-14/h13-15H,3-12H2,1-2H3/t15-/m0/s1. The smallest absolute Gasteiger partial charge is 0.226 e. The Bertz CT molecular complexity index is 354. The van der Waals surface area contributed by atoms with E-state index in [-0.39, 0.29) is 5.92 Å². The fraction of sp³-hybridized carbons (Fsp3) is 0.941. The molecule has 0 N–H and O–H groups in total. The number of carbonyl (C=O) groups excluding carboxylic acids is 1. The Kier molecular flexibility index (Phi) is 4.07. The molecule has 1 saturated carbocycles. The second-order valence-electron chi connectivity index (χ2n) is 7.46. The monoisotopic (exact) mass is 279 g/mol. The van der Waals surface area contributed by atoms with Crippen LogP contribution in [0.4, 0.5) is 0 Å². The van der Waals surface area contributed by atoms with Gasteiger partial charge in [0, 0.05) is 37.1 Å². The molecular weight excluding hydrogens is 250 g/mol. The number of rotatable bonds is 2. The van der Waals surface area contributed by atoms with Crippen molar-refractivity contribution in [3.63, 3.8) is 0 Å². The Labute approximate surface area is 123 Å². The molecule has 1 aliphatic carbocycles. The van der Waals surface area contributed by atoms with E-state index in [2.05, 4.69) is 18.7 Å². The minimum atomic E-state index is 0.228. The fourth-order valence-corrected chi connectivity index (χ4v) is 4.92. The third kappa shape index (κ3) is 2.38. The lowest BCUT2D eigenvalue weighted by Crippen LogP contribution is -2.69. The van der Waals surface area contributed by atoms with Crippen molar-refractivity contribution in [2.24, 2.45) is 17.3 Å². The van der Waals surface area contributed by atoms with E-state index in [1.807, 2.05) is 0 Å². The van der Waals surface area contributed by atoms with Crippen LogP contribution in [0.1, 0.15) is 58.8 Å². The lowest BCUT2D eigenvalue weighted by Gasteiger charge is -2.62. The number of likely N-dealkylation sites (tertiary alicyclic amines) is 1. The maximum absolute atomic E-state index is 12.8. The van der Waals surface area contributed by atoms with Crippen LogP contribution in [-0.2, 0) is 9.53 Å². The van der Waals surface area contributed by atoms with E-state index in [9.17, 15) is 4.79 Å². The minimum Gasteiger partial charge on any atom is -0.381 e. The summed E-state index contributed by atoms with van der Waals surface area (Å²) in [7, 11) is 0. The molecule has 114 valence electrons. The van der Waals surface area contributed by atoms with Crippen LogP contribution in [0.25, 0.3) is 0 Å². The molecule has 1 spiro atoms. The van der Waals surface area contributed by atoms with Gasteiger partial charge in [-0.25, -0.2) is 0 Å². The van der Waals surface area contributed by atoms with Gasteiger partial charge in [0.15, 0.2) is 0 Å². The van der Waals surface area contributed by atoms with Gasteiger partial charge in [0.05, 0.1) is 0 Å². The first-order valence-electron chi connectivity index (χ1n) is 8.52. The van der Waals surface area contributed by atoms with Crippen molar-refractivity contribution < 1.29 is 9.53 Å². The van der Waals surface area contributed by atoms with Crippen LogP contribution in [-0.4, -0.2) is 36.6 Å². The van der Waals surface area contributed by atoms with E-state index < -0.39 is 0 Å². The first-order chi connectivity index (χ1) is 9.64. The van der Waals surface area contributed by atoms with Crippen molar-refractivity contribution >= 4 is 5.91 Å². The average molecular weight is 279 g/mol. The molecular formula is C17H29NO2. The second-order valence-corrected chi connectivity index (χ2v) is 7.46. The lowest BCUT2D eigenvalue weighted by molar-refractivity contribution is -0.172.